The number of para-hydroxylation sites is 1. The van der Waals surface area contributed by atoms with Crippen molar-refractivity contribution in [1.29, 1.82) is 0 Å². The van der Waals surface area contributed by atoms with Gasteiger partial charge in [-0.05, 0) is 18.2 Å². The minimum Gasteiger partial charge on any atom is -0.324 e. The van der Waals surface area contributed by atoms with Gasteiger partial charge in [0.1, 0.15) is 12.0 Å². The number of amides is 2. The standard InChI is InChI=1S/C15H13N5O4S/c21-14(19-18-13-6-5-9(8-16-13)20(23)24)7-12-15(22)17-10-3-1-2-4-11(10)25-12/h1-6,8,12H,7H2,(H,16,18)(H,17,22)(H,19,21)/t12-/m1/s1. The Kier molecular flexibility index (Phi) is 4.80. The van der Waals surface area contributed by atoms with Gasteiger partial charge in [-0.15, -0.1) is 11.8 Å². The first-order valence-corrected chi connectivity index (χ1v) is 8.13. The predicted octanol–water partition coefficient (Wildman–Crippen LogP) is 1.94. The highest BCUT2D eigenvalue weighted by Crippen LogP contribution is 2.36. The molecule has 25 heavy (non-hydrogen) atoms. The summed E-state index contributed by atoms with van der Waals surface area (Å²) in [5.41, 5.74) is 5.58. The van der Waals surface area contributed by atoms with E-state index in [2.05, 4.69) is 21.2 Å². The summed E-state index contributed by atoms with van der Waals surface area (Å²) in [4.78, 5) is 38.8. The van der Waals surface area contributed by atoms with E-state index in [4.69, 9.17) is 0 Å². The lowest BCUT2D eigenvalue weighted by atomic mass is 10.2. The summed E-state index contributed by atoms with van der Waals surface area (Å²) in [6.07, 6.45) is 1.06. The van der Waals surface area contributed by atoms with Crippen LogP contribution in [0.25, 0.3) is 0 Å². The maximum atomic E-state index is 12.1. The monoisotopic (exact) mass is 359 g/mol. The van der Waals surface area contributed by atoms with Crippen LogP contribution in [0.1, 0.15) is 6.42 Å². The second-order valence-corrected chi connectivity index (χ2v) is 6.37. The highest BCUT2D eigenvalue weighted by molar-refractivity contribution is 8.01. The normalized spacial score (nSPS) is 15.7. The first kappa shape index (κ1) is 16.7. The van der Waals surface area contributed by atoms with Gasteiger partial charge >= 0.3 is 0 Å². The zero-order chi connectivity index (χ0) is 17.8. The Hall–Kier alpha value is -3.14. The molecular weight excluding hydrogens is 346 g/mol. The number of fused-ring (bicyclic) bond motifs is 1. The summed E-state index contributed by atoms with van der Waals surface area (Å²) in [5, 5.41) is 12.8. The highest BCUT2D eigenvalue weighted by atomic mass is 32.2. The Labute approximate surface area is 146 Å². The quantitative estimate of drug-likeness (QED) is 0.550. The van der Waals surface area contributed by atoms with Gasteiger partial charge in [0.15, 0.2) is 0 Å². The number of benzene rings is 1. The van der Waals surface area contributed by atoms with Crippen molar-refractivity contribution in [3.05, 3.63) is 52.7 Å². The molecule has 3 rings (SSSR count). The third-order valence-electron chi connectivity index (χ3n) is 3.37. The highest BCUT2D eigenvalue weighted by Gasteiger charge is 2.28. The largest absolute Gasteiger partial charge is 0.324 e. The first-order chi connectivity index (χ1) is 12.0. The Morgan fingerprint density at radius 2 is 2.12 bits per heavy atom. The van der Waals surface area contributed by atoms with Crippen molar-refractivity contribution >= 4 is 40.8 Å². The second-order valence-electron chi connectivity index (χ2n) is 5.13. The molecule has 0 saturated heterocycles. The van der Waals surface area contributed by atoms with Crippen molar-refractivity contribution in [2.24, 2.45) is 0 Å². The van der Waals surface area contributed by atoms with Crippen LogP contribution >= 0.6 is 11.8 Å². The molecule has 2 aromatic rings. The number of nitrogens with zero attached hydrogens (tertiary/aromatic N) is 2. The third-order valence-corrected chi connectivity index (χ3v) is 4.64. The number of hydrazine groups is 1. The number of carbonyl (C=O) groups is 2. The van der Waals surface area contributed by atoms with Gasteiger partial charge in [0, 0.05) is 17.4 Å². The number of aromatic nitrogens is 1. The van der Waals surface area contributed by atoms with E-state index in [1.54, 1.807) is 6.07 Å². The van der Waals surface area contributed by atoms with Gasteiger partial charge in [0.25, 0.3) is 5.69 Å². The molecule has 0 aliphatic carbocycles. The molecule has 0 bridgehead atoms. The fourth-order valence-electron chi connectivity index (χ4n) is 2.15. The Morgan fingerprint density at radius 3 is 2.84 bits per heavy atom. The SMILES string of the molecule is O=C(C[C@H]1Sc2ccccc2NC1=O)NNc1ccc([N+](=O)[O-])cn1. The number of thioether (sulfide) groups is 1. The van der Waals surface area contributed by atoms with Gasteiger partial charge in [0.2, 0.25) is 11.8 Å². The molecule has 1 aromatic heterocycles. The summed E-state index contributed by atoms with van der Waals surface area (Å²) in [5.74, 6) is -0.371. The van der Waals surface area contributed by atoms with Gasteiger partial charge in [-0.25, -0.2) is 4.98 Å². The molecule has 9 nitrogen and oxygen atoms in total. The molecule has 0 spiro atoms. The number of hydrogen-bond donors (Lipinski definition) is 3. The Bertz CT molecular complexity index is 827. The van der Waals surface area contributed by atoms with Crippen LogP contribution in [0, 0.1) is 10.1 Å². The van der Waals surface area contributed by atoms with Crippen LogP contribution in [-0.2, 0) is 9.59 Å². The van der Waals surface area contributed by atoms with E-state index in [-0.39, 0.29) is 23.8 Å². The molecule has 0 unspecified atom stereocenters. The number of carbonyl (C=O) groups excluding carboxylic acids is 2. The molecule has 1 aliphatic heterocycles. The van der Waals surface area contributed by atoms with E-state index in [0.717, 1.165) is 16.8 Å². The molecule has 1 aromatic carbocycles. The van der Waals surface area contributed by atoms with Crippen LogP contribution < -0.4 is 16.2 Å². The molecule has 1 aliphatic rings. The van der Waals surface area contributed by atoms with Crippen LogP contribution in [0.5, 0.6) is 0 Å². The van der Waals surface area contributed by atoms with E-state index in [9.17, 15) is 19.7 Å². The topological polar surface area (TPSA) is 126 Å². The van der Waals surface area contributed by atoms with E-state index in [0.29, 0.717) is 0 Å². The van der Waals surface area contributed by atoms with Crippen LogP contribution in [-0.4, -0.2) is 27.0 Å². The van der Waals surface area contributed by atoms with E-state index >= 15 is 0 Å². The Morgan fingerprint density at radius 1 is 1.32 bits per heavy atom. The van der Waals surface area contributed by atoms with Gasteiger partial charge in [0.05, 0.1) is 15.9 Å². The summed E-state index contributed by atoms with van der Waals surface area (Å²) in [7, 11) is 0. The lowest BCUT2D eigenvalue weighted by Gasteiger charge is -2.23. The van der Waals surface area contributed by atoms with Crippen molar-refractivity contribution in [2.45, 2.75) is 16.6 Å². The molecule has 10 heteroatoms. The molecule has 128 valence electrons. The molecule has 0 fully saturated rings. The minimum atomic E-state index is -0.563. The third kappa shape index (κ3) is 4.04. The summed E-state index contributed by atoms with van der Waals surface area (Å²) >= 11 is 1.33. The predicted molar refractivity (Wildman–Crippen MR) is 92.0 cm³/mol. The molecular formula is C15H13N5O4S. The number of rotatable bonds is 5. The number of pyridine rings is 1. The molecule has 0 radical (unpaired) electrons. The number of nitro groups is 1. The van der Waals surface area contributed by atoms with Crippen molar-refractivity contribution in [2.75, 3.05) is 10.7 Å². The lowest BCUT2D eigenvalue weighted by molar-refractivity contribution is -0.385. The zero-order valence-electron chi connectivity index (χ0n) is 12.8. The van der Waals surface area contributed by atoms with Gasteiger partial charge < -0.3 is 5.32 Å². The second kappa shape index (κ2) is 7.18. The zero-order valence-corrected chi connectivity index (χ0v) is 13.6. The summed E-state index contributed by atoms with van der Waals surface area (Å²) in [6, 6.07) is 10.0. The maximum absolute atomic E-state index is 12.1. The van der Waals surface area contributed by atoms with Crippen LogP contribution in [0.4, 0.5) is 17.2 Å². The summed E-state index contributed by atoms with van der Waals surface area (Å²) < 4.78 is 0. The van der Waals surface area contributed by atoms with Crippen LogP contribution in [0.2, 0.25) is 0 Å². The smallest absolute Gasteiger partial charge is 0.287 e. The maximum Gasteiger partial charge on any atom is 0.287 e. The van der Waals surface area contributed by atoms with Crippen molar-refractivity contribution in [3.63, 3.8) is 0 Å². The number of anilines is 2. The molecule has 2 heterocycles. The molecule has 1 atom stereocenters. The van der Waals surface area contributed by atoms with Crippen LogP contribution in [0.3, 0.4) is 0 Å². The van der Waals surface area contributed by atoms with Gasteiger partial charge in [-0.3, -0.25) is 30.6 Å². The average molecular weight is 359 g/mol. The van der Waals surface area contributed by atoms with Gasteiger partial charge in [-0.2, -0.15) is 0 Å². The first-order valence-electron chi connectivity index (χ1n) is 7.25. The van der Waals surface area contributed by atoms with E-state index in [1.807, 2.05) is 18.2 Å². The summed E-state index contributed by atoms with van der Waals surface area (Å²) in [6.45, 7) is 0. The van der Waals surface area contributed by atoms with Crippen molar-refractivity contribution in [3.8, 4) is 0 Å². The molecule has 3 N–H and O–H groups in total. The van der Waals surface area contributed by atoms with Crippen molar-refractivity contribution in [1.82, 2.24) is 10.4 Å². The fraction of sp³-hybridized carbons (Fsp3) is 0.133. The van der Waals surface area contributed by atoms with E-state index in [1.165, 1.54) is 23.9 Å². The Balaban J connectivity index is 1.54. The van der Waals surface area contributed by atoms with E-state index < -0.39 is 16.1 Å². The fourth-order valence-corrected chi connectivity index (χ4v) is 3.26. The van der Waals surface area contributed by atoms with Crippen molar-refractivity contribution < 1.29 is 14.5 Å². The average Bonchev–Trinajstić information content (AvgIpc) is 2.61. The number of hydrogen-bond acceptors (Lipinski definition) is 7. The molecule has 2 amide bonds. The van der Waals surface area contributed by atoms with Gasteiger partial charge in [-0.1, -0.05) is 12.1 Å². The lowest BCUT2D eigenvalue weighted by Crippen LogP contribution is -2.37. The number of nitrogens with one attached hydrogen (secondary N) is 3. The molecule has 0 saturated carbocycles. The minimum absolute atomic E-state index is 0.0230. The van der Waals surface area contributed by atoms with Crippen LogP contribution in [0.15, 0.2) is 47.5 Å².